The van der Waals surface area contributed by atoms with E-state index in [-0.39, 0.29) is 18.4 Å². The van der Waals surface area contributed by atoms with Crippen LogP contribution >= 0.6 is 0 Å². The number of hydrogen-bond donors (Lipinski definition) is 2. The topological polar surface area (TPSA) is 69.6 Å². The molecule has 0 aliphatic heterocycles. The van der Waals surface area contributed by atoms with Gasteiger partial charge in [0.05, 0.1) is 0 Å². The van der Waals surface area contributed by atoms with E-state index in [0.717, 1.165) is 19.4 Å². The van der Waals surface area contributed by atoms with E-state index in [1.165, 1.54) is 12.8 Å². The van der Waals surface area contributed by atoms with Gasteiger partial charge in [0, 0.05) is 25.6 Å². The van der Waals surface area contributed by atoms with Crippen molar-refractivity contribution in [2.75, 3.05) is 13.1 Å². The van der Waals surface area contributed by atoms with Crippen molar-refractivity contribution in [3.63, 3.8) is 0 Å². The van der Waals surface area contributed by atoms with E-state index in [1.807, 2.05) is 18.7 Å². The van der Waals surface area contributed by atoms with E-state index in [2.05, 4.69) is 5.32 Å². The largest absolute Gasteiger partial charge is 0.481 e. The molecule has 0 heterocycles. The average molecular weight is 270 g/mol. The zero-order valence-electron chi connectivity index (χ0n) is 12.0. The number of nitrogens with zero attached hydrogens (tertiary/aromatic N) is 1. The number of amides is 2. The lowest BCUT2D eigenvalue weighted by atomic mass is 10.1. The van der Waals surface area contributed by atoms with Gasteiger partial charge < -0.3 is 15.3 Å². The second-order valence-corrected chi connectivity index (χ2v) is 5.45. The summed E-state index contributed by atoms with van der Waals surface area (Å²) < 4.78 is 0. The summed E-state index contributed by atoms with van der Waals surface area (Å²) >= 11 is 0. The third kappa shape index (κ3) is 5.49. The molecule has 110 valence electrons. The standard InChI is InChI=1S/C14H26N2O3/c1-3-16(12-6-4-5-7-12)14(19)15-10-11(2)8-9-13(17)18/h11-12H,3-10H2,1-2H3,(H,15,19)(H,17,18). The van der Waals surface area contributed by atoms with Crippen molar-refractivity contribution in [3.8, 4) is 0 Å². The second-order valence-electron chi connectivity index (χ2n) is 5.45. The first-order chi connectivity index (χ1) is 9.04. The Bertz CT molecular complexity index is 301. The number of hydrogen-bond acceptors (Lipinski definition) is 2. The summed E-state index contributed by atoms with van der Waals surface area (Å²) in [5.41, 5.74) is 0. The van der Waals surface area contributed by atoms with Gasteiger partial charge in [0.25, 0.3) is 0 Å². The van der Waals surface area contributed by atoms with E-state index >= 15 is 0 Å². The molecule has 5 nitrogen and oxygen atoms in total. The molecule has 5 heteroatoms. The number of carbonyl (C=O) groups is 2. The highest BCUT2D eigenvalue weighted by Crippen LogP contribution is 2.23. The van der Waals surface area contributed by atoms with Crippen LogP contribution in [0.2, 0.25) is 0 Å². The number of urea groups is 1. The molecule has 0 aromatic carbocycles. The number of nitrogens with one attached hydrogen (secondary N) is 1. The minimum Gasteiger partial charge on any atom is -0.481 e. The molecule has 19 heavy (non-hydrogen) atoms. The van der Waals surface area contributed by atoms with Gasteiger partial charge in [0.1, 0.15) is 0 Å². The van der Waals surface area contributed by atoms with E-state index in [9.17, 15) is 9.59 Å². The number of carbonyl (C=O) groups excluding carboxylic acids is 1. The fraction of sp³-hybridized carbons (Fsp3) is 0.857. The molecule has 0 saturated heterocycles. The molecule has 1 fully saturated rings. The maximum Gasteiger partial charge on any atom is 0.317 e. The average Bonchev–Trinajstić information content (AvgIpc) is 2.88. The Morgan fingerprint density at radius 2 is 2.00 bits per heavy atom. The molecule has 0 radical (unpaired) electrons. The van der Waals surface area contributed by atoms with Gasteiger partial charge in [-0.2, -0.15) is 0 Å². The lowest BCUT2D eigenvalue weighted by Gasteiger charge is -2.28. The van der Waals surface area contributed by atoms with Crippen molar-refractivity contribution >= 4 is 12.0 Å². The van der Waals surface area contributed by atoms with Crippen molar-refractivity contribution in [2.24, 2.45) is 5.92 Å². The van der Waals surface area contributed by atoms with Crippen LogP contribution in [0.1, 0.15) is 52.4 Å². The van der Waals surface area contributed by atoms with E-state index < -0.39 is 5.97 Å². The zero-order valence-corrected chi connectivity index (χ0v) is 12.0. The van der Waals surface area contributed by atoms with Crippen molar-refractivity contribution in [1.29, 1.82) is 0 Å². The summed E-state index contributed by atoms with van der Waals surface area (Å²) in [6.45, 7) is 5.26. The van der Waals surface area contributed by atoms with Gasteiger partial charge in [-0.25, -0.2) is 4.79 Å². The number of carboxylic acid groups (broad SMARTS) is 1. The first-order valence-corrected chi connectivity index (χ1v) is 7.30. The first kappa shape index (κ1) is 15.8. The van der Waals surface area contributed by atoms with Crippen LogP contribution in [0.3, 0.4) is 0 Å². The molecule has 1 atom stereocenters. The molecule has 1 aliphatic carbocycles. The summed E-state index contributed by atoms with van der Waals surface area (Å²) in [6.07, 6.45) is 5.40. The Morgan fingerprint density at radius 3 is 2.53 bits per heavy atom. The SMILES string of the molecule is CCN(C(=O)NCC(C)CCC(=O)O)C1CCCC1. The normalized spacial score (nSPS) is 17.2. The van der Waals surface area contributed by atoms with Crippen LogP contribution in [0.15, 0.2) is 0 Å². The highest BCUT2D eigenvalue weighted by atomic mass is 16.4. The molecule has 0 bridgehead atoms. The molecular formula is C14H26N2O3. The van der Waals surface area contributed by atoms with Gasteiger partial charge in [-0.15, -0.1) is 0 Å². The van der Waals surface area contributed by atoms with Crippen LogP contribution in [-0.4, -0.2) is 41.1 Å². The van der Waals surface area contributed by atoms with Gasteiger partial charge in [-0.1, -0.05) is 19.8 Å². The molecule has 0 aromatic rings. The van der Waals surface area contributed by atoms with Gasteiger partial charge in [0.2, 0.25) is 0 Å². The van der Waals surface area contributed by atoms with Gasteiger partial charge >= 0.3 is 12.0 Å². The molecule has 2 N–H and O–H groups in total. The third-order valence-corrected chi connectivity index (χ3v) is 3.82. The van der Waals surface area contributed by atoms with Crippen LogP contribution in [0, 0.1) is 5.92 Å². The Morgan fingerprint density at radius 1 is 1.37 bits per heavy atom. The predicted octanol–water partition coefficient (Wildman–Crippen LogP) is 2.46. The van der Waals surface area contributed by atoms with Crippen molar-refractivity contribution in [1.82, 2.24) is 10.2 Å². The number of aliphatic carboxylic acids is 1. The quantitative estimate of drug-likeness (QED) is 0.746. The van der Waals surface area contributed by atoms with E-state index in [1.54, 1.807) is 0 Å². The van der Waals surface area contributed by atoms with Crippen molar-refractivity contribution in [2.45, 2.75) is 58.4 Å². The summed E-state index contributed by atoms with van der Waals surface area (Å²) in [7, 11) is 0. The fourth-order valence-corrected chi connectivity index (χ4v) is 2.62. The lowest BCUT2D eigenvalue weighted by Crippen LogP contribution is -2.46. The van der Waals surface area contributed by atoms with Crippen molar-refractivity contribution < 1.29 is 14.7 Å². The van der Waals surface area contributed by atoms with Crippen LogP contribution in [0.4, 0.5) is 4.79 Å². The number of carboxylic acids is 1. The highest BCUT2D eigenvalue weighted by Gasteiger charge is 2.25. The Balaban J connectivity index is 2.29. The number of rotatable bonds is 7. The van der Waals surface area contributed by atoms with Crippen LogP contribution < -0.4 is 5.32 Å². The predicted molar refractivity (Wildman–Crippen MR) is 74.1 cm³/mol. The first-order valence-electron chi connectivity index (χ1n) is 7.30. The third-order valence-electron chi connectivity index (χ3n) is 3.82. The summed E-state index contributed by atoms with van der Waals surface area (Å²) in [5.74, 6) is -0.582. The van der Waals surface area contributed by atoms with E-state index in [0.29, 0.717) is 19.0 Å². The zero-order chi connectivity index (χ0) is 14.3. The maximum atomic E-state index is 12.1. The Hall–Kier alpha value is -1.26. The Kier molecular flexibility index (Phi) is 6.67. The minimum absolute atomic E-state index is 0.00317. The molecular weight excluding hydrogens is 244 g/mol. The summed E-state index contributed by atoms with van der Waals surface area (Å²) in [6, 6.07) is 0.385. The highest BCUT2D eigenvalue weighted by molar-refractivity contribution is 5.74. The molecule has 1 aliphatic rings. The lowest BCUT2D eigenvalue weighted by molar-refractivity contribution is -0.137. The second kappa shape index (κ2) is 8.02. The summed E-state index contributed by atoms with van der Waals surface area (Å²) in [4.78, 5) is 24.5. The maximum absolute atomic E-state index is 12.1. The Labute approximate surface area is 115 Å². The van der Waals surface area contributed by atoms with Gasteiger partial charge in [-0.3, -0.25) is 4.79 Å². The molecule has 0 aromatic heterocycles. The molecule has 1 saturated carbocycles. The monoisotopic (exact) mass is 270 g/mol. The summed E-state index contributed by atoms with van der Waals surface area (Å²) in [5, 5.41) is 11.5. The molecule has 1 unspecified atom stereocenters. The molecule has 2 amide bonds. The van der Waals surface area contributed by atoms with Crippen LogP contribution in [0.25, 0.3) is 0 Å². The van der Waals surface area contributed by atoms with Crippen molar-refractivity contribution in [3.05, 3.63) is 0 Å². The smallest absolute Gasteiger partial charge is 0.317 e. The van der Waals surface area contributed by atoms with Crippen LogP contribution in [0.5, 0.6) is 0 Å². The fourth-order valence-electron chi connectivity index (χ4n) is 2.62. The molecule has 0 spiro atoms. The van der Waals surface area contributed by atoms with E-state index in [4.69, 9.17) is 5.11 Å². The molecule has 1 rings (SSSR count). The minimum atomic E-state index is -0.778. The van der Waals surface area contributed by atoms with Crippen LogP contribution in [-0.2, 0) is 4.79 Å². The van der Waals surface area contributed by atoms with Gasteiger partial charge in [-0.05, 0) is 32.1 Å². The van der Waals surface area contributed by atoms with Gasteiger partial charge in [0.15, 0.2) is 0 Å².